The van der Waals surface area contributed by atoms with Crippen LogP contribution in [0.3, 0.4) is 0 Å². The second-order valence-corrected chi connectivity index (χ2v) is 3.26. The molecule has 1 saturated carbocycles. The lowest BCUT2D eigenvalue weighted by Crippen LogP contribution is -2.12. The van der Waals surface area contributed by atoms with Crippen LogP contribution in [0.5, 0.6) is 0 Å². The van der Waals surface area contributed by atoms with Crippen molar-refractivity contribution in [3.05, 3.63) is 22.2 Å². The van der Waals surface area contributed by atoms with Gasteiger partial charge in [-0.2, -0.15) is 0 Å². The van der Waals surface area contributed by atoms with Crippen molar-refractivity contribution in [3.63, 3.8) is 0 Å². The van der Waals surface area contributed by atoms with Crippen molar-refractivity contribution in [2.24, 2.45) is 5.92 Å². The average Bonchev–Trinajstić information content (AvgIpc) is 2.68. The van der Waals surface area contributed by atoms with Gasteiger partial charge >= 0.3 is 0 Å². The highest BCUT2D eigenvalue weighted by Gasteiger charge is 2.22. The molecule has 0 unspecified atom stereocenters. The Hall–Kier alpha value is -1.32. The van der Waals surface area contributed by atoms with Crippen LogP contribution in [0.1, 0.15) is 18.7 Å². The molecule has 0 spiro atoms. The topological polar surface area (TPSA) is 71.8 Å². The third kappa shape index (κ3) is 1.64. The van der Waals surface area contributed by atoms with Gasteiger partial charge in [0.2, 0.25) is 0 Å². The molecule has 0 radical (unpaired) electrons. The number of hydrogen-bond acceptors (Lipinski definition) is 3. The molecule has 0 aliphatic heterocycles. The molecule has 0 amide bonds. The van der Waals surface area contributed by atoms with E-state index in [0.29, 0.717) is 5.82 Å². The van der Waals surface area contributed by atoms with Gasteiger partial charge in [0.05, 0.1) is 0 Å². The Kier molecular flexibility index (Phi) is 1.60. The van der Waals surface area contributed by atoms with E-state index < -0.39 is 0 Å². The molecule has 4 heteroatoms. The molecular formula is C8H11N3O. The number of nitrogens with two attached hydrogens (primary N) is 1. The first-order chi connectivity index (χ1) is 5.74. The zero-order valence-electron chi connectivity index (χ0n) is 6.71. The van der Waals surface area contributed by atoms with Crippen LogP contribution in [-0.2, 0) is 6.42 Å². The lowest BCUT2D eigenvalue weighted by atomic mass is 10.3. The van der Waals surface area contributed by atoms with Gasteiger partial charge in [0.1, 0.15) is 11.6 Å². The first-order valence-corrected chi connectivity index (χ1v) is 4.10. The third-order valence-corrected chi connectivity index (χ3v) is 1.99. The summed E-state index contributed by atoms with van der Waals surface area (Å²) in [6, 6.07) is 1.30. The van der Waals surface area contributed by atoms with E-state index in [1.165, 1.54) is 18.9 Å². The minimum atomic E-state index is -0.154. The first-order valence-electron chi connectivity index (χ1n) is 4.10. The molecule has 1 aliphatic carbocycles. The zero-order chi connectivity index (χ0) is 8.55. The summed E-state index contributed by atoms with van der Waals surface area (Å²) < 4.78 is 0. The molecule has 1 aromatic rings. The quantitative estimate of drug-likeness (QED) is 0.662. The summed E-state index contributed by atoms with van der Waals surface area (Å²) >= 11 is 0. The Morgan fingerprint density at radius 3 is 3.00 bits per heavy atom. The number of nitrogen functional groups attached to an aromatic ring is 1. The van der Waals surface area contributed by atoms with Gasteiger partial charge in [0, 0.05) is 12.5 Å². The van der Waals surface area contributed by atoms with Crippen molar-refractivity contribution >= 4 is 5.82 Å². The largest absolute Gasteiger partial charge is 0.383 e. The van der Waals surface area contributed by atoms with Crippen molar-refractivity contribution in [3.8, 4) is 0 Å². The summed E-state index contributed by atoms with van der Waals surface area (Å²) in [5.74, 6) is 1.76. The highest BCUT2D eigenvalue weighted by molar-refractivity contribution is 5.25. The molecule has 12 heavy (non-hydrogen) atoms. The molecule has 2 rings (SSSR count). The van der Waals surface area contributed by atoms with Crippen molar-refractivity contribution in [2.45, 2.75) is 19.3 Å². The lowest BCUT2D eigenvalue weighted by Gasteiger charge is -1.98. The molecule has 0 saturated heterocycles. The summed E-state index contributed by atoms with van der Waals surface area (Å²) in [5.41, 5.74) is 5.27. The van der Waals surface area contributed by atoms with Crippen LogP contribution in [0.25, 0.3) is 0 Å². The SMILES string of the molecule is Nc1cc(=O)[nH]c(CC2CC2)n1. The lowest BCUT2D eigenvalue weighted by molar-refractivity contribution is 0.766. The number of anilines is 1. The van der Waals surface area contributed by atoms with E-state index in [4.69, 9.17) is 5.73 Å². The molecule has 3 N–H and O–H groups in total. The second-order valence-electron chi connectivity index (χ2n) is 3.26. The number of rotatable bonds is 2. The number of hydrogen-bond donors (Lipinski definition) is 2. The first kappa shape index (κ1) is 7.34. The van der Waals surface area contributed by atoms with Crippen LogP contribution in [0.15, 0.2) is 10.9 Å². The molecule has 1 aromatic heterocycles. The maximum atomic E-state index is 10.9. The number of aromatic amines is 1. The van der Waals surface area contributed by atoms with Crippen LogP contribution in [-0.4, -0.2) is 9.97 Å². The highest BCUT2D eigenvalue weighted by Crippen LogP contribution is 2.31. The van der Waals surface area contributed by atoms with E-state index >= 15 is 0 Å². The summed E-state index contributed by atoms with van der Waals surface area (Å²) in [5, 5.41) is 0. The highest BCUT2D eigenvalue weighted by atomic mass is 16.1. The molecule has 1 aliphatic rings. The summed E-state index contributed by atoms with van der Waals surface area (Å²) in [4.78, 5) is 17.6. The predicted molar refractivity (Wildman–Crippen MR) is 45.7 cm³/mol. The van der Waals surface area contributed by atoms with Crippen molar-refractivity contribution in [1.82, 2.24) is 9.97 Å². The fourth-order valence-corrected chi connectivity index (χ4v) is 1.22. The van der Waals surface area contributed by atoms with Gasteiger partial charge in [0.25, 0.3) is 5.56 Å². The van der Waals surface area contributed by atoms with E-state index in [1.54, 1.807) is 0 Å². The van der Waals surface area contributed by atoms with Gasteiger partial charge in [-0.1, -0.05) is 0 Å². The fourth-order valence-electron chi connectivity index (χ4n) is 1.22. The van der Waals surface area contributed by atoms with Crippen LogP contribution < -0.4 is 11.3 Å². The van der Waals surface area contributed by atoms with Gasteiger partial charge < -0.3 is 10.7 Å². The number of nitrogens with zero attached hydrogens (tertiary/aromatic N) is 1. The van der Waals surface area contributed by atoms with Gasteiger partial charge in [-0.15, -0.1) is 0 Å². The molecule has 0 aromatic carbocycles. The van der Waals surface area contributed by atoms with Crippen LogP contribution in [0.4, 0.5) is 5.82 Å². The minimum Gasteiger partial charge on any atom is -0.383 e. The standard InChI is InChI=1S/C8H11N3O/c9-6-4-8(12)11-7(10-6)3-5-1-2-5/h4-5H,1-3H2,(H3,9,10,11,12). The van der Waals surface area contributed by atoms with Gasteiger partial charge in [-0.05, 0) is 18.8 Å². The molecule has 0 bridgehead atoms. The third-order valence-electron chi connectivity index (χ3n) is 1.99. The van der Waals surface area contributed by atoms with Crippen molar-refractivity contribution in [1.29, 1.82) is 0 Å². The summed E-state index contributed by atoms with van der Waals surface area (Å²) in [7, 11) is 0. The maximum Gasteiger partial charge on any atom is 0.252 e. The fraction of sp³-hybridized carbons (Fsp3) is 0.500. The van der Waals surface area contributed by atoms with E-state index in [0.717, 1.165) is 18.2 Å². The van der Waals surface area contributed by atoms with Gasteiger partial charge in [-0.25, -0.2) is 4.98 Å². The molecule has 0 atom stereocenters. The van der Waals surface area contributed by atoms with E-state index in [2.05, 4.69) is 9.97 Å². The Morgan fingerprint density at radius 1 is 1.67 bits per heavy atom. The number of nitrogens with one attached hydrogen (secondary N) is 1. The Bertz CT molecular complexity index is 340. The molecular weight excluding hydrogens is 154 g/mol. The number of aromatic nitrogens is 2. The smallest absolute Gasteiger partial charge is 0.252 e. The molecule has 4 nitrogen and oxygen atoms in total. The molecule has 1 heterocycles. The monoisotopic (exact) mass is 165 g/mol. The number of H-pyrrole nitrogens is 1. The van der Waals surface area contributed by atoms with Crippen molar-refractivity contribution < 1.29 is 0 Å². The molecule has 64 valence electrons. The zero-order valence-corrected chi connectivity index (χ0v) is 6.71. The predicted octanol–water partition coefficient (Wildman–Crippen LogP) is 0.305. The summed E-state index contributed by atoms with van der Waals surface area (Å²) in [6.45, 7) is 0. The Morgan fingerprint density at radius 2 is 2.42 bits per heavy atom. The van der Waals surface area contributed by atoms with E-state index in [9.17, 15) is 4.79 Å². The van der Waals surface area contributed by atoms with Crippen LogP contribution in [0, 0.1) is 5.92 Å². The van der Waals surface area contributed by atoms with Crippen molar-refractivity contribution in [2.75, 3.05) is 5.73 Å². The summed E-state index contributed by atoms with van der Waals surface area (Å²) in [6.07, 6.45) is 3.36. The molecule has 1 fully saturated rings. The van der Waals surface area contributed by atoms with E-state index in [1.807, 2.05) is 0 Å². The maximum absolute atomic E-state index is 10.9. The van der Waals surface area contributed by atoms with Gasteiger partial charge in [0.15, 0.2) is 0 Å². The van der Waals surface area contributed by atoms with E-state index in [-0.39, 0.29) is 5.56 Å². The second kappa shape index (κ2) is 2.62. The van der Waals surface area contributed by atoms with Crippen LogP contribution >= 0.6 is 0 Å². The Labute approximate surface area is 69.8 Å². The Balaban J connectivity index is 2.23. The normalized spacial score (nSPS) is 16.3. The van der Waals surface area contributed by atoms with Gasteiger partial charge in [-0.3, -0.25) is 4.79 Å². The average molecular weight is 165 g/mol. The minimum absolute atomic E-state index is 0.154. The van der Waals surface area contributed by atoms with Crippen LogP contribution in [0.2, 0.25) is 0 Å².